The molecule has 0 radical (unpaired) electrons. The average molecular weight is 243 g/mol. The Kier molecular flexibility index (Phi) is 4.28. The van der Waals surface area contributed by atoms with E-state index in [0.717, 1.165) is 0 Å². The molecular weight excluding hydrogens is 232 g/mol. The van der Waals surface area contributed by atoms with Crippen molar-refractivity contribution in [3.63, 3.8) is 0 Å². The zero-order valence-electron chi connectivity index (χ0n) is 8.48. The summed E-state index contributed by atoms with van der Waals surface area (Å²) in [4.78, 5) is 10.1. The van der Waals surface area contributed by atoms with Crippen LogP contribution in [-0.4, -0.2) is 11.5 Å². The molecule has 1 rings (SSSR count). The van der Waals surface area contributed by atoms with Gasteiger partial charge in [0.1, 0.15) is 12.4 Å². The van der Waals surface area contributed by atoms with Crippen LogP contribution < -0.4 is 10.5 Å². The van der Waals surface area contributed by atoms with E-state index >= 15 is 0 Å². The number of hydrogen-bond donors (Lipinski definition) is 1. The highest BCUT2D eigenvalue weighted by atomic mass is 35.5. The van der Waals surface area contributed by atoms with Gasteiger partial charge in [0.15, 0.2) is 0 Å². The SMILES string of the molecule is C=C(Cl)COc1ccc([N+](=O)[O-])cc1CN. The van der Waals surface area contributed by atoms with Crippen molar-refractivity contribution < 1.29 is 9.66 Å². The molecule has 0 unspecified atom stereocenters. The maximum Gasteiger partial charge on any atom is 0.270 e. The summed E-state index contributed by atoms with van der Waals surface area (Å²) in [5, 5.41) is 10.9. The molecule has 0 spiro atoms. The molecule has 0 atom stereocenters. The van der Waals surface area contributed by atoms with Crippen LogP contribution in [-0.2, 0) is 6.54 Å². The molecule has 0 aliphatic rings. The van der Waals surface area contributed by atoms with Crippen LogP contribution in [0.1, 0.15) is 5.56 Å². The van der Waals surface area contributed by atoms with E-state index in [0.29, 0.717) is 16.3 Å². The zero-order chi connectivity index (χ0) is 12.1. The van der Waals surface area contributed by atoms with Gasteiger partial charge in [0.2, 0.25) is 0 Å². The summed E-state index contributed by atoms with van der Waals surface area (Å²) in [6.07, 6.45) is 0. The number of rotatable bonds is 5. The monoisotopic (exact) mass is 242 g/mol. The highest BCUT2D eigenvalue weighted by molar-refractivity contribution is 6.29. The van der Waals surface area contributed by atoms with E-state index in [2.05, 4.69) is 6.58 Å². The smallest absolute Gasteiger partial charge is 0.270 e. The normalized spacial score (nSPS) is 9.88. The van der Waals surface area contributed by atoms with E-state index in [1.807, 2.05) is 0 Å². The van der Waals surface area contributed by atoms with E-state index in [9.17, 15) is 10.1 Å². The molecule has 5 nitrogen and oxygen atoms in total. The first-order valence-electron chi connectivity index (χ1n) is 4.48. The molecular formula is C10H11ClN2O3. The molecule has 0 saturated carbocycles. The van der Waals surface area contributed by atoms with Crippen molar-refractivity contribution in [2.24, 2.45) is 5.73 Å². The largest absolute Gasteiger partial charge is 0.488 e. The number of benzene rings is 1. The van der Waals surface area contributed by atoms with E-state index in [4.69, 9.17) is 22.1 Å². The van der Waals surface area contributed by atoms with Gasteiger partial charge in [0, 0.05) is 29.3 Å². The number of halogens is 1. The number of nitro benzene ring substituents is 1. The lowest BCUT2D eigenvalue weighted by molar-refractivity contribution is -0.384. The molecule has 0 aliphatic heterocycles. The quantitative estimate of drug-likeness (QED) is 0.634. The molecule has 2 N–H and O–H groups in total. The second kappa shape index (κ2) is 5.48. The molecule has 0 saturated heterocycles. The topological polar surface area (TPSA) is 78.4 Å². The second-order valence-electron chi connectivity index (χ2n) is 3.06. The predicted octanol–water partition coefficient (Wildman–Crippen LogP) is 2.18. The third-order valence-corrected chi connectivity index (χ3v) is 1.97. The highest BCUT2D eigenvalue weighted by Gasteiger charge is 2.10. The van der Waals surface area contributed by atoms with Crippen molar-refractivity contribution in [3.8, 4) is 5.75 Å². The van der Waals surface area contributed by atoms with E-state index in [1.165, 1.54) is 18.2 Å². The molecule has 86 valence electrons. The van der Waals surface area contributed by atoms with Crippen molar-refractivity contribution in [2.75, 3.05) is 6.61 Å². The maximum atomic E-state index is 10.5. The number of nitrogens with two attached hydrogens (primary N) is 1. The molecule has 1 aromatic rings. The average Bonchev–Trinajstić information content (AvgIpc) is 2.25. The predicted molar refractivity (Wildman–Crippen MR) is 61.5 cm³/mol. The van der Waals surface area contributed by atoms with Crippen molar-refractivity contribution in [1.82, 2.24) is 0 Å². The highest BCUT2D eigenvalue weighted by Crippen LogP contribution is 2.24. The Hall–Kier alpha value is -1.59. The summed E-state index contributed by atoms with van der Waals surface area (Å²) in [6.45, 7) is 3.78. The van der Waals surface area contributed by atoms with Crippen LogP contribution in [0.25, 0.3) is 0 Å². The van der Waals surface area contributed by atoms with Crippen LogP contribution in [0.4, 0.5) is 5.69 Å². The summed E-state index contributed by atoms with van der Waals surface area (Å²) in [5.74, 6) is 0.481. The first-order valence-corrected chi connectivity index (χ1v) is 4.86. The van der Waals surface area contributed by atoms with Gasteiger partial charge in [-0.3, -0.25) is 10.1 Å². The molecule has 6 heteroatoms. The lowest BCUT2D eigenvalue weighted by Crippen LogP contribution is -2.04. The minimum atomic E-state index is -0.483. The minimum absolute atomic E-state index is 0.0162. The Bertz CT molecular complexity index is 421. The lowest BCUT2D eigenvalue weighted by atomic mass is 10.2. The van der Waals surface area contributed by atoms with Gasteiger partial charge < -0.3 is 10.5 Å². The molecule has 0 aromatic heterocycles. The number of nitro groups is 1. The van der Waals surface area contributed by atoms with Crippen LogP contribution in [0.2, 0.25) is 0 Å². The minimum Gasteiger partial charge on any atom is -0.488 e. The Labute approximate surface area is 97.6 Å². The summed E-state index contributed by atoms with van der Waals surface area (Å²) in [7, 11) is 0. The first-order chi connectivity index (χ1) is 7.54. The first kappa shape index (κ1) is 12.5. The van der Waals surface area contributed by atoms with E-state index in [-0.39, 0.29) is 18.8 Å². The fraction of sp³-hybridized carbons (Fsp3) is 0.200. The fourth-order valence-corrected chi connectivity index (χ4v) is 1.19. The van der Waals surface area contributed by atoms with Gasteiger partial charge in [0.05, 0.1) is 4.92 Å². The molecule has 16 heavy (non-hydrogen) atoms. The molecule has 0 fully saturated rings. The summed E-state index contributed by atoms with van der Waals surface area (Å²) >= 11 is 5.55. The number of hydrogen-bond acceptors (Lipinski definition) is 4. The van der Waals surface area contributed by atoms with Crippen LogP contribution in [0.15, 0.2) is 29.8 Å². The van der Waals surface area contributed by atoms with Gasteiger partial charge in [-0.05, 0) is 6.07 Å². The molecule has 0 aliphatic carbocycles. The third kappa shape index (κ3) is 3.22. The van der Waals surface area contributed by atoms with Crippen molar-refractivity contribution in [1.29, 1.82) is 0 Å². The number of non-ortho nitro benzene ring substituents is 1. The Morgan fingerprint density at radius 2 is 2.31 bits per heavy atom. The van der Waals surface area contributed by atoms with Gasteiger partial charge in [-0.15, -0.1) is 0 Å². The van der Waals surface area contributed by atoms with Gasteiger partial charge >= 0.3 is 0 Å². The van der Waals surface area contributed by atoms with Crippen molar-refractivity contribution in [2.45, 2.75) is 6.54 Å². The fourth-order valence-electron chi connectivity index (χ4n) is 1.14. The summed E-state index contributed by atoms with van der Waals surface area (Å²) in [5.41, 5.74) is 6.01. The Morgan fingerprint density at radius 3 is 2.81 bits per heavy atom. The van der Waals surface area contributed by atoms with Crippen LogP contribution >= 0.6 is 11.6 Å². The number of ether oxygens (including phenoxy) is 1. The number of nitrogens with zero attached hydrogens (tertiary/aromatic N) is 1. The van der Waals surface area contributed by atoms with Crippen molar-refractivity contribution >= 4 is 17.3 Å². The molecule has 0 bridgehead atoms. The Morgan fingerprint density at radius 1 is 1.62 bits per heavy atom. The molecule has 0 heterocycles. The van der Waals surface area contributed by atoms with Gasteiger partial charge in [-0.1, -0.05) is 18.2 Å². The van der Waals surface area contributed by atoms with Gasteiger partial charge in [0.25, 0.3) is 5.69 Å². The van der Waals surface area contributed by atoms with Crippen LogP contribution in [0.3, 0.4) is 0 Å². The Balaban J connectivity index is 2.93. The lowest BCUT2D eigenvalue weighted by Gasteiger charge is -2.09. The summed E-state index contributed by atoms with van der Waals surface area (Å²) in [6, 6.07) is 4.23. The maximum absolute atomic E-state index is 10.5. The van der Waals surface area contributed by atoms with E-state index in [1.54, 1.807) is 0 Å². The van der Waals surface area contributed by atoms with Gasteiger partial charge in [-0.25, -0.2) is 0 Å². The van der Waals surface area contributed by atoms with Crippen LogP contribution in [0, 0.1) is 10.1 Å². The standard InChI is InChI=1S/C10H11ClN2O3/c1-7(11)6-16-10-3-2-9(13(14)15)4-8(10)5-12/h2-4H,1,5-6,12H2. The van der Waals surface area contributed by atoms with Gasteiger partial charge in [-0.2, -0.15) is 0 Å². The molecule has 0 amide bonds. The van der Waals surface area contributed by atoms with Crippen LogP contribution in [0.5, 0.6) is 5.75 Å². The van der Waals surface area contributed by atoms with E-state index < -0.39 is 4.92 Å². The third-order valence-electron chi connectivity index (χ3n) is 1.86. The molecule has 1 aromatic carbocycles. The zero-order valence-corrected chi connectivity index (χ0v) is 9.24. The summed E-state index contributed by atoms with van der Waals surface area (Å²) < 4.78 is 5.29. The van der Waals surface area contributed by atoms with Crippen molar-refractivity contribution in [3.05, 3.63) is 45.5 Å². The second-order valence-corrected chi connectivity index (χ2v) is 3.59.